The predicted octanol–water partition coefficient (Wildman–Crippen LogP) is 2.72. The Kier molecular flexibility index (Phi) is 4.82. The van der Waals surface area contributed by atoms with Crippen LogP contribution in [0.3, 0.4) is 0 Å². The van der Waals surface area contributed by atoms with E-state index in [0.717, 1.165) is 17.9 Å². The Bertz CT molecular complexity index is 361. The van der Waals surface area contributed by atoms with Crippen LogP contribution in [0.2, 0.25) is 0 Å². The van der Waals surface area contributed by atoms with Crippen LogP contribution in [0, 0.1) is 0 Å². The maximum absolute atomic E-state index is 5.65. The summed E-state index contributed by atoms with van der Waals surface area (Å²) in [5.41, 5.74) is 6.94. The van der Waals surface area contributed by atoms with E-state index in [1.807, 2.05) is 13.0 Å². The molecule has 3 heteroatoms. The largest absolute Gasteiger partial charge is 0.493 e. The summed E-state index contributed by atoms with van der Waals surface area (Å²) in [4.78, 5) is 0. The topological polar surface area (TPSA) is 44.5 Å². The minimum atomic E-state index is 0.0624. The molecule has 0 saturated heterocycles. The van der Waals surface area contributed by atoms with Crippen LogP contribution in [-0.4, -0.2) is 20.3 Å². The normalized spacial score (nSPS) is 11.4. The van der Waals surface area contributed by atoms with Crippen molar-refractivity contribution in [3.8, 4) is 11.5 Å². The van der Waals surface area contributed by atoms with Crippen LogP contribution >= 0.6 is 0 Å². The quantitative estimate of drug-likeness (QED) is 0.827. The third-order valence-corrected chi connectivity index (χ3v) is 3.01. The number of methoxy groups -OCH3 is 1. The highest BCUT2D eigenvalue weighted by molar-refractivity contribution is 5.45. The van der Waals surface area contributed by atoms with E-state index in [2.05, 4.69) is 26.0 Å². The second-order valence-electron chi connectivity index (χ2n) is 4.72. The van der Waals surface area contributed by atoms with Crippen molar-refractivity contribution in [2.75, 3.05) is 20.3 Å². The molecule has 0 atom stereocenters. The molecule has 0 bridgehead atoms. The summed E-state index contributed by atoms with van der Waals surface area (Å²) in [7, 11) is 1.66. The van der Waals surface area contributed by atoms with Gasteiger partial charge in [0.05, 0.1) is 13.7 Å². The fourth-order valence-corrected chi connectivity index (χ4v) is 1.87. The Morgan fingerprint density at radius 1 is 1.24 bits per heavy atom. The zero-order chi connectivity index (χ0) is 12.9. The van der Waals surface area contributed by atoms with E-state index < -0.39 is 0 Å². The summed E-state index contributed by atoms with van der Waals surface area (Å²) >= 11 is 0. The van der Waals surface area contributed by atoms with Gasteiger partial charge >= 0.3 is 0 Å². The Morgan fingerprint density at radius 3 is 2.47 bits per heavy atom. The lowest BCUT2D eigenvalue weighted by Crippen LogP contribution is -2.21. The molecule has 0 radical (unpaired) electrons. The summed E-state index contributed by atoms with van der Waals surface area (Å²) in [6.45, 7) is 7.67. The fourth-order valence-electron chi connectivity index (χ4n) is 1.87. The van der Waals surface area contributed by atoms with Crippen molar-refractivity contribution in [1.29, 1.82) is 0 Å². The molecule has 0 fully saturated rings. The molecule has 0 aliphatic carbocycles. The van der Waals surface area contributed by atoms with Crippen molar-refractivity contribution in [2.24, 2.45) is 5.73 Å². The van der Waals surface area contributed by atoms with Gasteiger partial charge in [0.15, 0.2) is 11.5 Å². The average molecular weight is 237 g/mol. The lowest BCUT2D eigenvalue weighted by molar-refractivity contribution is 0.309. The molecule has 1 aromatic rings. The predicted molar refractivity (Wildman–Crippen MR) is 70.9 cm³/mol. The monoisotopic (exact) mass is 237 g/mol. The maximum Gasteiger partial charge on any atom is 0.161 e. The lowest BCUT2D eigenvalue weighted by atomic mass is 9.81. The number of nitrogens with two attached hydrogens (primary N) is 1. The number of rotatable bonds is 6. The maximum atomic E-state index is 5.65. The van der Waals surface area contributed by atoms with Gasteiger partial charge in [-0.15, -0.1) is 0 Å². The van der Waals surface area contributed by atoms with Crippen LogP contribution in [0.5, 0.6) is 11.5 Å². The zero-order valence-electron chi connectivity index (χ0n) is 11.2. The highest BCUT2D eigenvalue weighted by Gasteiger charge is 2.21. The second-order valence-corrected chi connectivity index (χ2v) is 4.72. The summed E-state index contributed by atoms with van der Waals surface area (Å²) in [5, 5.41) is 0. The third kappa shape index (κ3) is 3.37. The molecule has 0 saturated carbocycles. The van der Waals surface area contributed by atoms with Gasteiger partial charge in [-0.3, -0.25) is 0 Å². The molecule has 0 unspecified atom stereocenters. The highest BCUT2D eigenvalue weighted by Crippen LogP contribution is 2.34. The molecular formula is C14H23NO2. The molecule has 0 amide bonds. The summed E-state index contributed by atoms with van der Waals surface area (Å²) in [5.74, 6) is 1.58. The number of benzene rings is 1. The SMILES string of the molecule is CCOc1cc(C(C)(C)CCN)ccc1OC. The van der Waals surface area contributed by atoms with Crippen molar-refractivity contribution < 1.29 is 9.47 Å². The first kappa shape index (κ1) is 13.8. The Labute approximate surface area is 104 Å². The summed E-state index contributed by atoms with van der Waals surface area (Å²) in [6.07, 6.45) is 0.949. The van der Waals surface area contributed by atoms with Crippen LogP contribution < -0.4 is 15.2 Å². The molecule has 17 heavy (non-hydrogen) atoms. The second kappa shape index (κ2) is 5.92. The van der Waals surface area contributed by atoms with Crippen molar-refractivity contribution in [1.82, 2.24) is 0 Å². The molecule has 0 spiro atoms. The van der Waals surface area contributed by atoms with Crippen molar-refractivity contribution in [3.05, 3.63) is 23.8 Å². The zero-order valence-corrected chi connectivity index (χ0v) is 11.2. The van der Waals surface area contributed by atoms with Gasteiger partial charge in [0, 0.05) is 0 Å². The average Bonchev–Trinajstić information content (AvgIpc) is 2.29. The van der Waals surface area contributed by atoms with Gasteiger partial charge in [-0.25, -0.2) is 0 Å². The van der Waals surface area contributed by atoms with Crippen molar-refractivity contribution in [3.63, 3.8) is 0 Å². The van der Waals surface area contributed by atoms with Crippen molar-refractivity contribution in [2.45, 2.75) is 32.6 Å². The first-order valence-electron chi connectivity index (χ1n) is 6.06. The minimum Gasteiger partial charge on any atom is -0.493 e. The molecule has 1 rings (SSSR count). The lowest BCUT2D eigenvalue weighted by Gasteiger charge is -2.25. The van der Waals surface area contributed by atoms with E-state index in [0.29, 0.717) is 13.2 Å². The molecule has 0 heterocycles. The summed E-state index contributed by atoms with van der Waals surface area (Å²) in [6, 6.07) is 6.09. The Balaban J connectivity index is 3.06. The van der Waals surface area contributed by atoms with E-state index in [1.54, 1.807) is 7.11 Å². The molecule has 3 nitrogen and oxygen atoms in total. The van der Waals surface area contributed by atoms with E-state index in [4.69, 9.17) is 15.2 Å². The van der Waals surface area contributed by atoms with Gasteiger partial charge in [-0.1, -0.05) is 19.9 Å². The molecule has 0 aliphatic heterocycles. The Hall–Kier alpha value is -1.22. The van der Waals surface area contributed by atoms with Crippen LogP contribution in [0.4, 0.5) is 0 Å². The third-order valence-electron chi connectivity index (χ3n) is 3.01. The van der Waals surface area contributed by atoms with E-state index in [9.17, 15) is 0 Å². The molecular weight excluding hydrogens is 214 g/mol. The highest BCUT2D eigenvalue weighted by atomic mass is 16.5. The van der Waals surface area contributed by atoms with E-state index in [1.165, 1.54) is 5.56 Å². The van der Waals surface area contributed by atoms with Gasteiger partial charge < -0.3 is 15.2 Å². The van der Waals surface area contributed by atoms with Gasteiger partial charge in [0.25, 0.3) is 0 Å². The molecule has 0 aliphatic rings. The van der Waals surface area contributed by atoms with Crippen LogP contribution in [0.15, 0.2) is 18.2 Å². The Morgan fingerprint density at radius 2 is 1.94 bits per heavy atom. The number of hydrogen-bond donors (Lipinski definition) is 1. The molecule has 0 aromatic heterocycles. The van der Waals surface area contributed by atoms with Gasteiger partial charge in [-0.05, 0) is 43.0 Å². The van der Waals surface area contributed by atoms with Gasteiger partial charge in [0.2, 0.25) is 0 Å². The molecule has 1 aromatic carbocycles. The number of ether oxygens (including phenoxy) is 2. The summed E-state index contributed by atoms with van der Waals surface area (Å²) < 4.78 is 10.9. The van der Waals surface area contributed by atoms with Gasteiger partial charge in [-0.2, -0.15) is 0 Å². The minimum absolute atomic E-state index is 0.0624. The molecule has 96 valence electrons. The van der Waals surface area contributed by atoms with Crippen LogP contribution in [0.25, 0.3) is 0 Å². The van der Waals surface area contributed by atoms with Crippen LogP contribution in [0.1, 0.15) is 32.8 Å². The van der Waals surface area contributed by atoms with E-state index in [-0.39, 0.29) is 5.41 Å². The smallest absolute Gasteiger partial charge is 0.161 e. The first-order valence-corrected chi connectivity index (χ1v) is 6.06. The van der Waals surface area contributed by atoms with Gasteiger partial charge in [0.1, 0.15) is 0 Å². The fraction of sp³-hybridized carbons (Fsp3) is 0.571. The van der Waals surface area contributed by atoms with Crippen LogP contribution in [-0.2, 0) is 5.41 Å². The number of hydrogen-bond acceptors (Lipinski definition) is 3. The standard InChI is InChI=1S/C14H23NO2/c1-5-17-13-10-11(6-7-12(13)16-4)14(2,3)8-9-15/h6-7,10H,5,8-9,15H2,1-4H3. The van der Waals surface area contributed by atoms with E-state index >= 15 is 0 Å². The molecule has 2 N–H and O–H groups in total. The first-order chi connectivity index (χ1) is 8.05. The van der Waals surface area contributed by atoms with Crippen molar-refractivity contribution >= 4 is 0 Å².